The number of carbonyl (C=O) groups is 1. The lowest BCUT2D eigenvalue weighted by atomic mass is 10.1. The molecule has 0 saturated carbocycles. The quantitative estimate of drug-likeness (QED) is 0.386. The summed E-state index contributed by atoms with van der Waals surface area (Å²) in [4.78, 5) is 19.9. The number of benzene rings is 2. The first-order chi connectivity index (χ1) is 15.2. The highest BCUT2D eigenvalue weighted by Crippen LogP contribution is 2.34. The molecule has 0 atom stereocenters. The Hall–Kier alpha value is -4.39. The van der Waals surface area contributed by atoms with E-state index in [1.807, 2.05) is 48.5 Å². The number of pyridine rings is 2. The van der Waals surface area contributed by atoms with Crippen LogP contribution in [0.25, 0.3) is 21.7 Å². The van der Waals surface area contributed by atoms with Crippen molar-refractivity contribution in [1.29, 1.82) is 0 Å². The number of anilines is 2. The van der Waals surface area contributed by atoms with E-state index in [0.717, 1.165) is 16.3 Å². The van der Waals surface area contributed by atoms with E-state index in [2.05, 4.69) is 15.3 Å². The second-order valence-electron chi connectivity index (χ2n) is 6.96. The van der Waals surface area contributed by atoms with Gasteiger partial charge >= 0.3 is 5.97 Å². The van der Waals surface area contributed by atoms with Crippen molar-refractivity contribution in [3.63, 3.8) is 0 Å². The molecule has 31 heavy (non-hydrogen) atoms. The molecule has 0 spiro atoms. The van der Waals surface area contributed by atoms with Gasteiger partial charge in [0.1, 0.15) is 18.0 Å². The highest BCUT2D eigenvalue weighted by Gasteiger charge is 2.20. The van der Waals surface area contributed by atoms with Crippen LogP contribution in [0.3, 0.4) is 0 Å². The summed E-state index contributed by atoms with van der Waals surface area (Å²) >= 11 is 0. The van der Waals surface area contributed by atoms with Gasteiger partial charge in [-0.25, -0.2) is 4.79 Å². The largest absolute Gasteiger partial charge is 0.487 e. The lowest BCUT2D eigenvalue weighted by Crippen LogP contribution is -2.00. The molecule has 3 heterocycles. The molecule has 0 aliphatic rings. The number of carboxylic acids is 1. The van der Waals surface area contributed by atoms with Crippen molar-refractivity contribution in [2.75, 3.05) is 5.32 Å². The van der Waals surface area contributed by atoms with Crippen molar-refractivity contribution < 1.29 is 19.1 Å². The molecule has 7 heteroatoms. The summed E-state index contributed by atoms with van der Waals surface area (Å²) in [6.45, 7) is 0.443. The van der Waals surface area contributed by atoms with Gasteiger partial charge in [0.25, 0.3) is 0 Å². The molecule has 0 amide bonds. The molecule has 2 aromatic carbocycles. The maximum absolute atomic E-state index is 11.6. The fourth-order valence-electron chi connectivity index (χ4n) is 3.45. The molecular formula is C24H17N3O4. The maximum Gasteiger partial charge on any atom is 0.374 e. The number of aromatic nitrogens is 2. The Morgan fingerprint density at radius 2 is 1.87 bits per heavy atom. The van der Waals surface area contributed by atoms with Gasteiger partial charge in [-0.3, -0.25) is 9.97 Å². The number of nitrogens with one attached hydrogen (secondary N) is 1. The Morgan fingerprint density at radius 1 is 1.00 bits per heavy atom. The Balaban J connectivity index is 1.47. The minimum absolute atomic E-state index is 0.166. The van der Waals surface area contributed by atoms with Crippen LogP contribution >= 0.6 is 0 Å². The van der Waals surface area contributed by atoms with E-state index in [1.54, 1.807) is 24.7 Å². The summed E-state index contributed by atoms with van der Waals surface area (Å²) in [6, 6.07) is 17.3. The second-order valence-corrected chi connectivity index (χ2v) is 6.96. The van der Waals surface area contributed by atoms with E-state index in [-0.39, 0.29) is 5.76 Å². The minimum Gasteiger partial charge on any atom is -0.487 e. The van der Waals surface area contributed by atoms with Gasteiger partial charge in [0.05, 0.1) is 12.4 Å². The first-order valence-electron chi connectivity index (χ1n) is 9.60. The summed E-state index contributed by atoms with van der Waals surface area (Å²) in [7, 11) is 0. The molecule has 0 unspecified atom stereocenters. The average molecular weight is 411 g/mol. The highest BCUT2D eigenvalue weighted by atomic mass is 16.5. The van der Waals surface area contributed by atoms with Crippen molar-refractivity contribution >= 4 is 39.1 Å². The van der Waals surface area contributed by atoms with Crippen LogP contribution < -0.4 is 10.1 Å². The molecule has 2 N–H and O–H groups in total. The predicted octanol–water partition coefficient (Wildman–Crippen LogP) is 5.40. The number of furan rings is 1. The monoisotopic (exact) mass is 411 g/mol. The summed E-state index contributed by atoms with van der Waals surface area (Å²) in [5.74, 6) is -0.641. The molecule has 5 rings (SSSR count). The van der Waals surface area contributed by atoms with Gasteiger partial charge in [-0.15, -0.1) is 0 Å². The van der Waals surface area contributed by atoms with Crippen LogP contribution in [0.2, 0.25) is 0 Å². The highest BCUT2D eigenvalue weighted by molar-refractivity contribution is 6.05. The van der Waals surface area contributed by atoms with Gasteiger partial charge < -0.3 is 19.6 Å². The van der Waals surface area contributed by atoms with Crippen molar-refractivity contribution in [1.82, 2.24) is 9.97 Å². The molecule has 0 aliphatic heterocycles. The lowest BCUT2D eigenvalue weighted by Gasteiger charge is -2.11. The van der Waals surface area contributed by atoms with Crippen LogP contribution in [-0.4, -0.2) is 21.0 Å². The number of rotatable bonds is 6. The summed E-state index contributed by atoms with van der Waals surface area (Å²) in [5.41, 5.74) is 2.56. The SMILES string of the molecule is O=C(O)c1oc2cnccc2c1Nc1ccc2c(OCc3ccccc3)cncc2c1. The summed E-state index contributed by atoms with van der Waals surface area (Å²) in [5, 5.41) is 15.1. The molecule has 5 aromatic rings. The van der Waals surface area contributed by atoms with Gasteiger partial charge in [-0.2, -0.15) is 0 Å². The zero-order chi connectivity index (χ0) is 21.2. The van der Waals surface area contributed by atoms with Crippen LogP contribution in [0.4, 0.5) is 11.4 Å². The fraction of sp³-hybridized carbons (Fsp3) is 0.0417. The molecular weight excluding hydrogens is 394 g/mol. The zero-order valence-electron chi connectivity index (χ0n) is 16.3. The van der Waals surface area contributed by atoms with Crippen LogP contribution in [0.5, 0.6) is 5.75 Å². The van der Waals surface area contributed by atoms with Crippen LogP contribution in [0.1, 0.15) is 16.1 Å². The van der Waals surface area contributed by atoms with E-state index in [1.165, 1.54) is 6.20 Å². The van der Waals surface area contributed by atoms with Crippen LogP contribution in [0.15, 0.2) is 83.8 Å². The van der Waals surface area contributed by atoms with Gasteiger partial charge in [0.15, 0.2) is 5.58 Å². The van der Waals surface area contributed by atoms with Crippen molar-refractivity contribution in [3.8, 4) is 5.75 Å². The van der Waals surface area contributed by atoms with Gasteiger partial charge in [-0.1, -0.05) is 30.3 Å². The number of carboxylic acid groups (broad SMARTS) is 1. The van der Waals surface area contributed by atoms with E-state index in [9.17, 15) is 9.90 Å². The first-order valence-corrected chi connectivity index (χ1v) is 9.60. The van der Waals surface area contributed by atoms with Gasteiger partial charge in [-0.05, 0) is 29.8 Å². The number of aromatic carboxylic acids is 1. The minimum atomic E-state index is -1.15. The van der Waals surface area contributed by atoms with E-state index >= 15 is 0 Å². The Labute approximate surface area is 176 Å². The lowest BCUT2D eigenvalue weighted by molar-refractivity contribution is 0.0666. The number of hydrogen-bond acceptors (Lipinski definition) is 6. The predicted molar refractivity (Wildman–Crippen MR) is 117 cm³/mol. The first kappa shape index (κ1) is 18.6. The third-order valence-electron chi connectivity index (χ3n) is 4.92. The van der Waals surface area contributed by atoms with Crippen molar-refractivity contribution in [3.05, 3.63) is 90.7 Å². The molecule has 0 radical (unpaired) electrons. The molecule has 0 saturated heterocycles. The van der Waals surface area contributed by atoms with Gasteiger partial charge in [0.2, 0.25) is 5.76 Å². The normalized spacial score (nSPS) is 11.0. The third-order valence-corrected chi connectivity index (χ3v) is 4.92. The number of hydrogen-bond donors (Lipinski definition) is 2. The molecule has 0 aliphatic carbocycles. The molecule has 0 fully saturated rings. The second kappa shape index (κ2) is 7.79. The maximum atomic E-state index is 11.6. The standard InChI is InChI=1S/C24H17N3O4/c28-24(29)23-22(19-8-9-25-13-21(19)31-23)27-17-6-7-18-16(10-17)11-26-12-20(18)30-14-15-4-2-1-3-5-15/h1-13,27H,14H2,(H,28,29). The Bertz CT molecular complexity index is 1400. The van der Waals surface area contributed by atoms with Gasteiger partial charge in [0, 0.05) is 34.2 Å². The average Bonchev–Trinajstić information content (AvgIpc) is 3.17. The number of nitrogens with zero attached hydrogens (tertiary/aromatic N) is 2. The third kappa shape index (κ3) is 3.64. The summed E-state index contributed by atoms with van der Waals surface area (Å²) < 4.78 is 11.4. The number of ether oxygens (including phenoxy) is 1. The molecule has 152 valence electrons. The fourth-order valence-corrected chi connectivity index (χ4v) is 3.45. The van der Waals surface area contributed by atoms with Crippen molar-refractivity contribution in [2.45, 2.75) is 6.61 Å². The topological polar surface area (TPSA) is 97.5 Å². The Kier molecular flexibility index (Phi) is 4.68. The van der Waals surface area contributed by atoms with Crippen molar-refractivity contribution in [2.24, 2.45) is 0 Å². The number of fused-ring (bicyclic) bond motifs is 2. The van der Waals surface area contributed by atoms with E-state index in [0.29, 0.717) is 34.7 Å². The van der Waals surface area contributed by atoms with E-state index in [4.69, 9.17) is 9.15 Å². The Morgan fingerprint density at radius 3 is 2.71 bits per heavy atom. The van der Waals surface area contributed by atoms with Crippen LogP contribution in [-0.2, 0) is 6.61 Å². The van der Waals surface area contributed by atoms with E-state index < -0.39 is 5.97 Å². The zero-order valence-corrected chi connectivity index (χ0v) is 16.3. The molecule has 0 bridgehead atoms. The summed E-state index contributed by atoms with van der Waals surface area (Å²) in [6.07, 6.45) is 6.52. The van der Waals surface area contributed by atoms with Crippen LogP contribution in [0, 0.1) is 0 Å². The molecule has 7 nitrogen and oxygen atoms in total. The molecule has 3 aromatic heterocycles. The smallest absolute Gasteiger partial charge is 0.374 e.